The number of nitrogen functional groups attached to an aromatic ring is 1. The Hall–Kier alpha value is -0.690. The highest BCUT2D eigenvalue weighted by Gasteiger charge is 2.26. The molecule has 1 aromatic carbocycles. The second kappa shape index (κ2) is 6.65. The number of rotatable bonds is 2. The van der Waals surface area contributed by atoms with E-state index in [1.54, 1.807) is 6.07 Å². The minimum atomic E-state index is -0.235. The van der Waals surface area contributed by atoms with Crippen LogP contribution in [0.15, 0.2) is 12.1 Å². The molecule has 4 nitrogen and oxygen atoms in total. The van der Waals surface area contributed by atoms with E-state index in [4.69, 9.17) is 5.73 Å². The summed E-state index contributed by atoms with van der Waals surface area (Å²) in [4.78, 5) is 14.2. The highest BCUT2D eigenvalue weighted by molar-refractivity contribution is 14.1. The van der Waals surface area contributed by atoms with Gasteiger partial charge in [0.1, 0.15) is 0 Å². The van der Waals surface area contributed by atoms with Gasteiger partial charge in [0.25, 0.3) is 0 Å². The maximum absolute atomic E-state index is 12.3. The molecule has 1 aliphatic rings. The van der Waals surface area contributed by atoms with E-state index >= 15 is 0 Å². The summed E-state index contributed by atoms with van der Waals surface area (Å²) in [7, 11) is 0. The second-order valence-electron chi connectivity index (χ2n) is 4.66. The van der Waals surface area contributed by atoms with E-state index in [-0.39, 0.29) is 30.0 Å². The average Bonchev–Trinajstić information content (AvgIpc) is 2.88. The van der Waals surface area contributed by atoms with Gasteiger partial charge in [-0.15, -0.1) is 12.4 Å². The van der Waals surface area contributed by atoms with Gasteiger partial charge in [0, 0.05) is 13.1 Å². The molecule has 19 heavy (non-hydrogen) atoms. The first-order valence-electron chi connectivity index (χ1n) is 6.08. The number of benzene rings is 1. The van der Waals surface area contributed by atoms with Crippen molar-refractivity contribution >= 4 is 46.6 Å². The highest BCUT2D eigenvalue weighted by Crippen LogP contribution is 2.34. The molecule has 2 rings (SSSR count). The third-order valence-corrected chi connectivity index (χ3v) is 4.57. The molecule has 0 radical (unpaired) electrons. The summed E-state index contributed by atoms with van der Waals surface area (Å²) in [6.07, 6.45) is 2.17. The van der Waals surface area contributed by atoms with Crippen molar-refractivity contribution in [1.29, 1.82) is 0 Å². The Bertz CT molecular complexity index is 476. The number of phenols is 1. The van der Waals surface area contributed by atoms with Crippen molar-refractivity contribution in [2.75, 3.05) is 18.8 Å². The molecule has 1 heterocycles. The van der Waals surface area contributed by atoms with E-state index in [2.05, 4.69) is 0 Å². The molecule has 1 saturated heterocycles. The molecule has 0 spiro atoms. The van der Waals surface area contributed by atoms with Gasteiger partial charge in [-0.05, 0) is 54.0 Å². The molecular formula is C13H18ClIN2O2. The Morgan fingerprint density at radius 2 is 2.00 bits per heavy atom. The minimum Gasteiger partial charge on any atom is -0.505 e. The molecule has 1 aromatic rings. The Kier molecular flexibility index (Phi) is 5.73. The fraction of sp³-hybridized carbons (Fsp3) is 0.462. The SMILES string of the molecule is CC(C(=O)N1CCCC1)c1ccc(N)c(O)c1I.Cl. The summed E-state index contributed by atoms with van der Waals surface area (Å²) in [5.74, 6) is -0.0229. The third-order valence-electron chi connectivity index (χ3n) is 3.43. The first kappa shape index (κ1) is 16.4. The van der Waals surface area contributed by atoms with Crippen molar-refractivity contribution in [1.82, 2.24) is 4.90 Å². The normalized spacial score (nSPS) is 16.0. The van der Waals surface area contributed by atoms with Crippen LogP contribution in [-0.2, 0) is 4.79 Å². The van der Waals surface area contributed by atoms with Crippen LogP contribution in [-0.4, -0.2) is 29.0 Å². The Morgan fingerprint density at radius 3 is 2.58 bits per heavy atom. The van der Waals surface area contributed by atoms with Crippen molar-refractivity contribution in [2.24, 2.45) is 0 Å². The minimum absolute atomic E-state index is 0. The molecule has 106 valence electrons. The van der Waals surface area contributed by atoms with Gasteiger partial charge < -0.3 is 15.7 Å². The van der Waals surface area contributed by atoms with Gasteiger partial charge in [-0.25, -0.2) is 0 Å². The number of carbonyl (C=O) groups is 1. The lowest BCUT2D eigenvalue weighted by Gasteiger charge is -2.21. The van der Waals surface area contributed by atoms with Crippen molar-refractivity contribution in [3.8, 4) is 5.75 Å². The number of halogens is 2. The average molecular weight is 397 g/mol. The van der Waals surface area contributed by atoms with Crippen molar-refractivity contribution in [3.05, 3.63) is 21.3 Å². The number of nitrogens with zero attached hydrogens (tertiary/aromatic N) is 1. The van der Waals surface area contributed by atoms with Gasteiger partial charge in [0.2, 0.25) is 5.91 Å². The topological polar surface area (TPSA) is 66.6 Å². The molecule has 3 N–H and O–H groups in total. The Labute approximate surface area is 132 Å². The van der Waals surface area contributed by atoms with Crippen LogP contribution in [0.3, 0.4) is 0 Å². The predicted molar refractivity (Wildman–Crippen MR) is 86.7 cm³/mol. The quantitative estimate of drug-likeness (QED) is 0.459. The van der Waals surface area contributed by atoms with Crippen LogP contribution >= 0.6 is 35.0 Å². The molecule has 1 aliphatic heterocycles. The van der Waals surface area contributed by atoms with Crippen LogP contribution in [0.2, 0.25) is 0 Å². The van der Waals surface area contributed by atoms with Crippen LogP contribution in [0.5, 0.6) is 5.75 Å². The fourth-order valence-corrected chi connectivity index (χ4v) is 3.23. The second-order valence-corrected chi connectivity index (χ2v) is 5.74. The standard InChI is InChI=1S/C13H17IN2O2.ClH/c1-8(13(18)16-6-2-3-7-16)9-4-5-10(15)12(17)11(9)14;/h4-5,8,17H,2-3,6-7,15H2,1H3;1H. The van der Waals surface area contributed by atoms with Gasteiger partial charge in [0.15, 0.2) is 5.75 Å². The van der Waals surface area contributed by atoms with Gasteiger partial charge >= 0.3 is 0 Å². The third kappa shape index (κ3) is 3.25. The number of phenolic OH excluding ortho intramolecular Hbond substituents is 1. The smallest absolute Gasteiger partial charge is 0.229 e. The molecule has 6 heteroatoms. The van der Waals surface area contributed by atoms with Crippen molar-refractivity contribution in [3.63, 3.8) is 0 Å². The highest BCUT2D eigenvalue weighted by atomic mass is 127. The van der Waals surface area contributed by atoms with Crippen LogP contribution in [0, 0.1) is 3.57 Å². The van der Waals surface area contributed by atoms with Crippen LogP contribution in [0.4, 0.5) is 5.69 Å². The van der Waals surface area contributed by atoms with E-state index in [1.807, 2.05) is 40.5 Å². The molecule has 0 aliphatic carbocycles. The Balaban J connectivity index is 0.00000180. The fourth-order valence-electron chi connectivity index (χ4n) is 2.27. The number of hydrogen-bond acceptors (Lipinski definition) is 3. The maximum atomic E-state index is 12.3. The van der Waals surface area contributed by atoms with Crippen molar-refractivity contribution in [2.45, 2.75) is 25.7 Å². The zero-order valence-electron chi connectivity index (χ0n) is 10.7. The molecule has 1 amide bonds. The molecule has 0 saturated carbocycles. The lowest BCUT2D eigenvalue weighted by atomic mass is 9.99. The van der Waals surface area contributed by atoms with Gasteiger partial charge in [-0.3, -0.25) is 4.79 Å². The van der Waals surface area contributed by atoms with E-state index in [1.165, 1.54) is 0 Å². The maximum Gasteiger partial charge on any atom is 0.229 e. The molecule has 1 fully saturated rings. The molecule has 0 bridgehead atoms. The zero-order chi connectivity index (χ0) is 13.3. The van der Waals surface area contributed by atoms with Crippen LogP contribution in [0.25, 0.3) is 0 Å². The lowest BCUT2D eigenvalue weighted by molar-refractivity contribution is -0.131. The summed E-state index contributed by atoms with van der Waals surface area (Å²) < 4.78 is 0.674. The largest absolute Gasteiger partial charge is 0.505 e. The lowest BCUT2D eigenvalue weighted by Crippen LogP contribution is -2.31. The summed E-state index contributed by atoms with van der Waals surface area (Å²) >= 11 is 2.04. The first-order chi connectivity index (χ1) is 8.52. The molecular weight excluding hydrogens is 379 g/mol. The zero-order valence-corrected chi connectivity index (χ0v) is 13.7. The predicted octanol–water partition coefficient (Wildman–Crippen LogP) is 2.73. The van der Waals surface area contributed by atoms with Gasteiger partial charge in [0.05, 0.1) is 15.2 Å². The Morgan fingerprint density at radius 1 is 1.42 bits per heavy atom. The van der Waals surface area contributed by atoms with E-state index in [0.717, 1.165) is 31.5 Å². The van der Waals surface area contributed by atoms with Gasteiger partial charge in [-0.1, -0.05) is 6.07 Å². The molecule has 0 aromatic heterocycles. The van der Waals surface area contributed by atoms with Gasteiger partial charge in [-0.2, -0.15) is 0 Å². The summed E-state index contributed by atoms with van der Waals surface area (Å²) in [6.45, 7) is 3.58. The summed E-state index contributed by atoms with van der Waals surface area (Å²) in [5.41, 5.74) is 6.84. The number of hydrogen-bond donors (Lipinski definition) is 2. The molecule has 1 atom stereocenters. The van der Waals surface area contributed by atoms with E-state index < -0.39 is 0 Å². The first-order valence-corrected chi connectivity index (χ1v) is 7.16. The monoisotopic (exact) mass is 396 g/mol. The van der Waals surface area contributed by atoms with E-state index in [9.17, 15) is 9.90 Å². The number of anilines is 1. The van der Waals surface area contributed by atoms with E-state index in [0.29, 0.717) is 9.26 Å². The summed E-state index contributed by atoms with van der Waals surface area (Å²) in [5, 5.41) is 9.83. The van der Waals surface area contributed by atoms with Crippen molar-refractivity contribution < 1.29 is 9.90 Å². The number of aromatic hydroxyl groups is 1. The number of likely N-dealkylation sites (tertiary alicyclic amines) is 1. The molecule has 1 unspecified atom stereocenters. The summed E-state index contributed by atoms with van der Waals surface area (Å²) in [6, 6.07) is 3.48. The van der Waals surface area contributed by atoms with Crippen LogP contribution in [0.1, 0.15) is 31.2 Å². The number of nitrogens with two attached hydrogens (primary N) is 1. The number of amides is 1. The number of carbonyl (C=O) groups excluding carboxylic acids is 1. The van der Waals surface area contributed by atoms with Crippen LogP contribution < -0.4 is 5.73 Å².